The van der Waals surface area contributed by atoms with Gasteiger partial charge in [-0.3, -0.25) is 9.89 Å². The summed E-state index contributed by atoms with van der Waals surface area (Å²) in [6, 6.07) is 13.4. The molecule has 2 aromatic rings. The zero-order chi connectivity index (χ0) is 22.5. The van der Waals surface area contributed by atoms with Gasteiger partial charge in [-0.1, -0.05) is 36.4 Å². The molecule has 0 bridgehead atoms. The Labute approximate surface area is 184 Å². The van der Waals surface area contributed by atoms with Gasteiger partial charge in [0.05, 0.1) is 11.6 Å². The molecular formula is C26H31N3O2. The second-order valence-electron chi connectivity index (χ2n) is 8.15. The van der Waals surface area contributed by atoms with E-state index in [1.807, 2.05) is 0 Å². The number of nitrogens with one attached hydrogen (secondary N) is 1. The molecule has 0 spiro atoms. The van der Waals surface area contributed by atoms with Gasteiger partial charge in [-0.25, -0.2) is 4.79 Å². The summed E-state index contributed by atoms with van der Waals surface area (Å²) in [7, 11) is 2.12. The van der Waals surface area contributed by atoms with Gasteiger partial charge in [0.25, 0.3) is 0 Å². The van der Waals surface area contributed by atoms with Crippen LogP contribution in [-0.4, -0.2) is 42.8 Å². The molecule has 0 saturated heterocycles. The summed E-state index contributed by atoms with van der Waals surface area (Å²) in [5.74, 6) is -0.986. The number of hydrogen-bond donors (Lipinski definition) is 2. The monoisotopic (exact) mass is 417 g/mol. The molecule has 0 fully saturated rings. The number of fused-ring (bicyclic) bond motifs is 1. The minimum atomic E-state index is -0.986. The molecule has 0 aromatic heterocycles. The molecule has 0 radical (unpaired) electrons. The highest BCUT2D eigenvalue weighted by Gasteiger charge is 2.25. The molecule has 1 atom stereocenters. The second-order valence-corrected chi connectivity index (χ2v) is 8.15. The van der Waals surface area contributed by atoms with Gasteiger partial charge >= 0.3 is 5.97 Å². The predicted molar refractivity (Wildman–Crippen MR) is 127 cm³/mol. The van der Waals surface area contributed by atoms with Gasteiger partial charge in [0, 0.05) is 25.0 Å². The number of carboxylic acid groups (broad SMARTS) is 1. The number of rotatable bonds is 7. The second kappa shape index (κ2) is 9.75. The van der Waals surface area contributed by atoms with Crippen molar-refractivity contribution >= 4 is 12.7 Å². The third kappa shape index (κ3) is 4.94. The average Bonchev–Trinajstić information content (AvgIpc) is 2.73. The number of hydrogen-bond acceptors (Lipinski definition) is 4. The van der Waals surface area contributed by atoms with Crippen LogP contribution in [0.3, 0.4) is 0 Å². The Morgan fingerprint density at radius 1 is 1.29 bits per heavy atom. The number of aryl methyl sites for hydroxylation is 2. The maximum atomic E-state index is 11.6. The van der Waals surface area contributed by atoms with Crippen molar-refractivity contribution in [3.63, 3.8) is 0 Å². The molecule has 0 saturated carbocycles. The lowest BCUT2D eigenvalue weighted by atomic mass is 9.87. The topological polar surface area (TPSA) is 64.9 Å². The third-order valence-electron chi connectivity index (χ3n) is 6.08. The van der Waals surface area contributed by atoms with Gasteiger partial charge in [-0.05, 0) is 80.4 Å². The quantitative estimate of drug-likeness (QED) is 0.391. The fraction of sp³-hybridized carbons (Fsp3) is 0.308. The summed E-state index contributed by atoms with van der Waals surface area (Å²) in [5, 5.41) is 12.8. The average molecular weight is 418 g/mol. The van der Waals surface area contributed by atoms with E-state index in [0.29, 0.717) is 12.2 Å². The first-order valence-corrected chi connectivity index (χ1v) is 10.5. The number of aliphatic carboxylic acids is 1. The number of nitrogens with zero attached hydrogens (tertiary/aromatic N) is 2. The van der Waals surface area contributed by atoms with Crippen LogP contribution in [0.4, 0.5) is 0 Å². The maximum absolute atomic E-state index is 11.6. The zero-order valence-corrected chi connectivity index (χ0v) is 18.8. The van der Waals surface area contributed by atoms with E-state index in [1.165, 1.54) is 45.7 Å². The van der Waals surface area contributed by atoms with E-state index < -0.39 is 5.97 Å². The van der Waals surface area contributed by atoms with E-state index in [-0.39, 0.29) is 11.6 Å². The largest absolute Gasteiger partial charge is 0.478 e. The Balaban J connectivity index is 1.89. The van der Waals surface area contributed by atoms with E-state index >= 15 is 0 Å². The molecule has 1 aliphatic rings. The number of aliphatic imine (C=N–C) groups is 1. The predicted octanol–water partition coefficient (Wildman–Crippen LogP) is 4.66. The normalized spacial score (nSPS) is 17.2. The van der Waals surface area contributed by atoms with Crippen LogP contribution < -0.4 is 5.32 Å². The summed E-state index contributed by atoms with van der Waals surface area (Å²) in [6.07, 6.45) is 3.86. The number of benzene rings is 2. The van der Waals surface area contributed by atoms with Crippen LogP contribution in [0.2, 0.25) is 0 Å². The van der Waals surface area contributed by atoms with Crippen molar-refractivity contribution in [1.29, 1.82) is 0 Å². The van der Waals surface area contributed by atoms with Gasteiger partial charge in [0.15, 0.2) is 0 Å². The minimum absolute atomic E-state index is 0.169. The zero-order valence-electron chi connectivity index (χ0n) is 18.8. The Hall–Kier alpha value is -3.18. The third-order valence-corrected chi connectivity index (χ3v) is 6.08. The SMILES string of the molecule is C=N/C=C\C(C(=O)O)=C(/C)NC[C@@H]1c2ccc(-c3c(C)cccc3C)cc2CCN1C. The summed E-state index contributed by atoms with van der Waals surface area (Å²) in [6.45, 7) is 11.1. The van der Waals surface area contributed by atoms with Gasteiger partial charge < -0.3 is 10.4 Å². The molecule has 3 rings (SSSR count). The van der Waals surface area contributed by atoms with E-state index in [2.05, 4.69) is 79.2 Å². The molecule has 1 aliphatic heterocycles. The number of allylic oxidation sites excluding steroid dienone is 1. The van der Waals surface area contributed by atoms with E-state index in [4.69, 9.17) is 0 Å². The van der Waals surface area contributed by atoms with Crippen molar-refractivity contribution in [2.45, 2.75) is 33.2 Å². The summed E-state index contributed by atoms with van der Waals surface area (Å²) < 4.78 is 0. The molecular weight excluding hydrogens is 386 g/mol. The highest BCUT2D eigenvalue weighted by Crippen LogP contribution is 2.34. The van der Waals surface area contributed by atoms with Crippen molar-refractivity contribution < 1.29 is 9.90 Å². The van der Waals surface area contributed by atoms with Crippen molar-refractivity contribution in [3.05, 3.63) is 82.2 Å². The minimum Gasteiger partial charge on any atom is -0.478 e. The van der Waals surface area contributed by atoms with E-state index in [0.717, 1.165) is 13.0 Å². The van der Waals surface area contributed by atoms with Crippen LogP contribution >= 0.6 is 0 Å². The lowest BCUT2D eigenvalue weighted by Crippen LogP contribution is -2.38. The maximum Gasteiger partial charge on any atom is 0.337 e. The molecule has 5 heteroatoms. The Bertz CT molecular complexity index is 1030. The summed E-state index contributed by atoms with van der Waals surface area (Å²) >= 11 is 0. The molecule has 0 amide bonds. The van der Waals surface area contributed by atoms with Gasteiger partial charge in [-0.15, -0.1) is 0 Å². The molecule has 5 nitrogen and oxygen atoms in total. The van der Waals surface area contributed by atoms with Crippen molar-refractivity contribution in [2.24, 2.45) is 4.99 Å². The molecule has 2 aromatic carbocycles. The van der Waals surface area contributed by atoms with Gasteiger partial charge in [-0.2, -0.15) is 0 Å². The number of carboxylic acids is 1. The van der Waals surface area contributed by atoms with E-state index in [9.17, 15) is 9.90 Å². The fourth-order valence-corrected chi connectivity index (χ4v) is 4.36. The molecule has 0 aliphatic carbocycles. The van der Waals surface area contributed by atoms with Crippen LogP contribution in [0.5, 0.6) is 0 Å². The van der Waals surface area contributed by atoms with E-state index in [1.54, 1.807) is 6.92 Å². The lowest BCUT2D eigenvalue weighted by molar-refractivity contribution is -0.132. The number of carbonyl (C=O) groups is 1. The molecule has 1 heterocycles. The Morgan fingerprint density at radius 2 is 2.00 bits per heavy atom. The van der Waals surface area contributed by atoms with Crippen LogP contribution in [0, 0.1) is 13.8 Å². The number of likely N-dealkylation sites (N-methyl/N-ethyl adjacent to an activating group) is 1. The van der Waals surface area contributed by atoms with Crippen molar-refractivity contribution in [3.8, 4) is 11.1 Å². The molecule has 2 N–H and O–H groups in total. The fourth-order valence-electron chi connectivity index (χ4n) is 4.36. The summed E-state index contributed by atoms with van der Waals surface area (Å²) in [5.41, 5.74) is 8.61. The van der Waals surface area contributed by atoms with Crippen LogP contribution in [0.15, 0.2) is 64.9 Å². The van der Waals surface area contributed by atoms with Crippen LogP contribution in [0.25, 0.3) is 11.1 Å². The molecule has 31 heavy (non-hydrogen) atoms. The Kier molecular flexibility index (Phi) is 7.08. The highest BCUT2D eigenvalue weighted by molar-refractivity contribution is 5.90. The lowest BCUT2D eigenvalue weighted by Gasteiger charge is -2.35. The molecule has 162 valence electrons. The highest BCUT2D eigenvalue weighted by atomic mass is 16.4. The van der Waals surface area contributed by atoms with Gasteiger partial charge in [0.1, 0.15) is 0 Å². The van der Waals surface area contributed by atoms with Gasteiger partial charge in [0.2, 0.25) is 0 Å². The first-order chi connectivity index (χ1) is 14.8. The van der Waals surface area contributed by atoms with Crippen molar-refractivity contribution in [2.75, 3.05) is 20.1 Å². The summed E-state index contributed by atoms with van der Waals surface area (Å²) in [4.78, 5) is 17.5. The standard InChI is InChI=1S/C26H31N3O2/c1-17-7-6-8-18(2)25(17)21-9-10-23-20(15-21)12-14-29(5)24(23)16-28-19(3)22(26(30)31)11-13-27-4/h6-11,13,15,24,28H,4,12,14,16H2,1-3,5H3,(H,30,31)/b13-11-,22-19-/t24-/m1/s1. The smallest absolute Gasteiger partial charge is 0.337 e. The van der Waals surface area contributed by atoms with Crippen LogP contribution in [0.1, 0.15) is 35.2 Å². The first-order valence-electron chi connectivity index (χ1n) is 10.5. The van der Waals surface area contributed by atoms with Crippen LogP contribution in [-0.2, 0) is 11.2 Å². The Morgan fingerprint density at radius 3 is 2.65 bits per heavy atom. The molecule has 0 unspecified atom stereocenters. The first kappa shape index (κ1) is 22.5. The van der Waals surface area contributed by atoms with Crippen molar-refractivity contribution in [1.82, 2.24) is 10.2 Å².